The molecule has 1 saturated heterocycles. The third kappa shape index (κ3) is 2.35. The van der Waals surface area contributed by atoms with Crippen molar-refractivity contribution < 1.29 is 14.3 Å². The van der Waals surface area contributed by atoms with Gasteiger partial charge in [-0.2, -0.15) is 0 Å². The van der Waals surface area contributed by atoms with Crippen molar-refractivity contribution in [2.45, 2.75) is 32.3 Å². The number of allylic oxidation sites excluding steroid dienone is 1. The maximum absolute atomic E-state index is 12.3. The van der Waals surface area contributed by atoms with Gasteiger partial charge < -0.3 is 9.64 Å². The molecule has 1 fully saturated rings. The summed E-state index contributed by atoms with van der Waals surface area (Å²) in [6, 6.07) is 7.49. The SMILES string of the molecule is CC(C)=CC(=O)N1CCCC2(C1)OC(=O)c1ccccc12. The summed E-state index contributed by atoms with van der Waals surface area (Å²) < 4.78 is 5.69. The van der Waals surface area contributed by atoms with Gasteiger partial charge in [0.25, 0.3) is 0 Å². The van der Waals surface area contributed by atoms with Crippen molar-refractivity contribution in [2.75, 3.05) is 13.1 Å². The largest absolute Gasteiger partial charge is 0.449 e. The minimum absolute atomic E-state index is 0.00509. The molecule has 0 radical (unpaired) electrons. The zero-order chi connectivity index (χ0) is 15.0. The van der Waals surface area contributed by atoms with Crippen LogP contribution < -0.4 is 0 Å². The van der Waals surface area contributed by atoms with Gasteiger partial charge in [-0.3, -0.25) is 4.79 Å². The first-order valence-electron chi connectivity index (χ1n) is 7.28. The standard InChI is InChI=1S/C17H19NO3/c1-12(2)10-15(19)18-9-5-8-17(11-18)14-7-4-3-6-13(14)16(20)21-17/h3-4,6-7,10H,5,8-9,11H2,1-2H3. The van der Waals surface area contributed by atoms with Crippen LogP contribution in [0.2, 0.25) is 0 Å². The second-order valence-corrected chi connectivity index (χ2v) is 6.01. The van der Waals surface area contributed by atoms with Crippen LogP contribution in [-0.4, -0.2) is 29.9 Å². The zero-order valence-corrected chi connectivity index (χ0v) is 12.4. The molecule has 0 aromatic heterocycles. The molecule has 21 heavy (non-hydrogen) atoms. The van der Waals surface area contributed by atoms with E-state index in [1.807, 2.05) is 32.0 Å². The molecule has 110 valence electrons. The van der Waals surface area contributed by atoms with E-state index in [9.17, 15) is 9.59 Å². The van der Waals surface area contributed by atoms with Crippen LogP contribution in [0.15, 0.2) is 35.9 Å². The molecule has 2 aliphatic rings. The Morgan fingerprint density at radius 2 is 2.10 bits per heavy atom. The van der Waals surface area contributed by atoms with Crippen LogP contribution in [0.4, 0.5) is 0 Å². The first-order chi connectivity index (χ1) is 10.0. The molecule has 4 heteroatoms. The summed E-state index contributed by atoms with van der Waals surface area (Å²) in [5.41, 5.74) is 1.87. The van der Waals surface area contributed by atoms with E-state index in [-0.39, 0.29) is 11.9 Å². The molecule has 4 nitrogen and oxygen atoms in total. The highest BCUT2D eigenvalue weighted by atomic mass is 16.6. The zero-order valence-electron chi connectivity index (χ0n) is 12.4. The molecule has 1 amide bonds. The molecule has 1 aromatic rings. The molecule has 0 bridgehead atoms. The van der Waals surface area contributed by atoms with Crippen LogP contribution in [0.3, 0.4) is 0 Å². The number of benzene rings is 1. The van der Waals surface area contributed by atoms with E-state index in [0.717, 1.165) is 24.0 Å². The predicted octanol–water partition coefficient (Wildman–Crippen LogP) is 2.64. The van der Waals surface area contributed by atoms with E-state index in [0.29, 0.717) is 18.7 Å². The monoisotopic (exact) mass is 285 g/mol. The highest BCUT2D eigenvalue weighted by Crippen LogP contribution is 2.42. The molecule has 1 unspecified atom stereocenters. The van der Waals surface area contributed by atoms with Gasteiger partial charge >= 0.3 is 5.97 Å². The topological polar surface area (TPSA) is 46.6 Å². The van der Waals surface area contributed by atoms with Gasteiger partial charge in [-0.1, -0.05) is 23.8 Å². The third-order valence-corrected chi connectivity index (χ3v) is 4.10. The molecule has 0 saturated carbocycles. The van der Waals surface area contributed by atoms with Crippen LogP contribution in [-0.2, 0) is 15.1 Å². The van der Waals surface area contributed by atoms with E-state index in [4.69, 9.17) is 4.74 Å². The Kier molecular flexibility index (Phi) is 3.32. The van der Waals surface area contributed by atoms with Crippen molar-refractivity contribution in [3.8, 4) is 0 Å². The van der Waals surface area contributed by atoms with Gasteiger partial charge in [0.2, 0.25) is 5.91 Å². The highest BCUT2D eigenvalue weighted by Gasteiger charge is 2.48. The number of hydrogen-bond acceptors (Lipinski definition) is 3. The average Bonchev–Trinajstić information content (AvgIpc) is 2.72. The number of carbonyl (C=O) groups excluding carboxylic acids is 2. The Morgan fingerprint density at radius 3 is 2.86 bits per heavy atom. The number of likely N-dealkylation sites (tertiary alicyclic amines) is 1. The Morgan fingerprint density at radius 1 is 1.33 bits per heavy atom. The van der Waals surface area contributed by atoms with E-state index in [1.54, 1.807) is 17.0 Å². The number of nitrogens with zero attached hydrogens (tertiary/aromatic N) is 1. The van der Waals surface area contributed by atoms with Gasteiger partial charge in [0, 0.05) is 18.2 Å². The number of carbonyl (C=O) groups is 2. The molecule has 0 aliphatic carbocycles. The molecule has 1 aromatic carbocycles. The fourth-order valence-corrected chi connectivity index (χ4v) is 3.20. The summed E-state index contributed by atoms with van der Waals surface area (Å²) in [5.74, 6) is -0.281. The van der Waals surface area contributed by atoms with Crippen LogP contribution in [0.25, 0.3) is 0 Å². The lowest BCUT2D eigenvalue weighted by atomic mass is 9.85. The van der Waals surface area contributed by atoms with Gasteiger partial charge in [-0.15, -0.1) is 0 Å². The van der Waals surface area contributed by atoms with Crippen LogP contribution >= 0.6 is 0 Å². The number of ether oxygens (including phenoxy) is 1. The molecule has 3 rings (SSSR count). The number of piperidine rings is 1. The number of fused-ring (bicyclic) bond motifs is 2. The molecule has 0 N–H and O–H groups in total. The van der Waals surface area contributed by atoms with E-state index < -0.39 is 5.60 Å². The number of hydrogen-bond donors (Lipinski definition) is 0. The summed E-state index contributed by atoms with van der Waals surface area (Å²) in [5, 5.41) is 0. The second kappa shape index (κ2) is 5.02. The lowest BCUT2D eigenvalue weighted by Gasteiger charge is -2.39. The van der Waals surface area contributed by atoms with Crippen molar-refractivity contribution >= 4 is 11.9 Å². The van der Waals surface area contributed by atoms with Crippen LogP contribution in [0.5, 0.6) is 0 Å². The first-order valence-corrected chi connectivity index (χ1v) is 7.28. The normalized spacial score (nSPS) is 23.7. The van der Waals surface area contributed by atoms with Gasteiger partial charge in [0.05, 0.1) is 12.1 Å². The van der Waals surface area contributed by atoms with Crippen molar-refractivity contribution in [1.29, 1.82) is 0 Å². The van der Waals surface area contributed by atoms with Crippen LogP contribution in [0, 0.1) is 0 Å². The van der Waals surface area contributed by atoms with Crippen molar-refractivity contribution in [3.63, 3.8) is 0 Å². The maximum atomic E-state index is 12.3. The van der Waals surface area contributed by atoms with Gasteiger partial charge in [0.1, 0.15) is 0 Å². The van der Waals surface area contributed by atoms with Crippen molar-refractivity contribution in [3.05, 3.63) is 47.0 Å². The van der Waals surface area contributed by atoms with Gasteiger partial charge in [0.15, 0.2) is 5.60 Å². The molecular formula is C17H19NO3. The number of rotatable bonds is 1. The van der Waals surface area contributed by atoms with E-state index in [2.05, 4.69) is 0 Å². The molecule has 1 atom stereocenters. The molecule has 1 spiro atoms. The van der Waals surface area contributed by atoms with Crippen molar-refractivity contribution in [2.24, 2.45) is 0 Å². The smallest absolute Gasteiger partial charge is 0.339 e. The Balaban J connectivity index is 1.92. The second-order valence-electron chi connectivity index (χ2n) is 6.01. The maximum Gasteiger partial charge on any atom is 0.339 e. The summed E-state index contributed by atoms with van der Waals surface area (Å²) in [6.45, 7) is 4.97. The third-order valence-electron chi connectivity index (χ3n) is 4.10. The number of amides is 1. The molecular weight excluding hydrogens is 266 g/mol. The lowest BCUT2D eigenvalue weighted by Crippen LogP contribution is -2.48. The van der Waals surface area contributed by atoms with Crippen molar-refractivity contribution in [1.82, 2.24) is 4.90 Å². The fraction of sp³-hybridized carbons (Fsp3) is 0.412. The summed E-state index contributed by atoms with van der Waals surface area (Å²) in [4.78, 5) is 26.1. The lowest BCUT2D eigenvalue weighted by molar-refractivity contribution is -0.133. The minimum atomic E-state index is -0.656. The summed E-state index contributed by atoms with van der Waals surface area (Å²) in [7, 11) is 0. The fourth-order valence-electron chi connectivity index (χ4n) is 3.20. The van der Waals surface area contributed by atoms with E-state index in [1.165, 1.54) is 0 Å². The first kappa shape index (κ1) is 13.9. The summed E-state index contributed by atoms with van der Waals surface area (Å²) in [6.07, 6.45) is 3.25. The van der Waals surface area contributed by atoms with E-state index >= 15 is 0 Å². The highest BCUT2D eigenvalue weighted by molar-refractivity contribution is 5.95. The predicted molar refractivity (Wildman–Crippen MR) is 78.8 cm³/mol. The van der Waals surface area contributed by atoms with Gasteiger partial charge in [-0.25, -0.2) is 4.79 Å². The quantitative estimate of drug-likeness (QED) is 0.588. The average molecular weight is 285 g/mol. The van der Waals surface area contributed by atoms with Crippen LogP contribution in [0.1, 0.15) is 42.6 Å². The molecule has 2 heterocycles. The molecule has 2 aliphatic heterocycles. The number of esters is 1. The Hall–Kier alpha value is -2.10. The van der Waals surface area contributed by atoms with Gasteiger partial charge in [-0.05, 0) is 32.8 Å². The minimum Gasteiger partial charge on any atom is -0.449 e. The summed E-state index contributed by atoms with van der Waals surface area (Å²) >= 11 is 0. The Bertz CT molecular complexity index is 631. The Labute approximate surface area is 124 Å².